The molecule has 3 aromatic rings. The highest BCUT2D eigenvalue weighted by Crippen LogP contribution is 2.21. The SMILES string of the molecule is NC(=O)c1cn(C(=O)Cc2ccc(Cl)cc2)c2ccccc12. The first-order valence-electron chi connectivity index (χ1n) is 6.74. The van der Waals surface area contributed by atoms with Crippen LogP contribution in [0.2, 0.25) is 5.02 Å². The Morgan fingerprint density at radius 1 is 1.05 bits per heavy atom. The molecule has 1 aromatic heterocycles. The van der Waals surface area contributed by atoms with Crippen molar-refractivity contribution in [3.63, 3.8) is 0 Å². The maximum absolute atomic E-state index is 12.5. The van der Waals surface area contributed by atoms with Crippen LogP contribution in [0.4, 0.5) is 0 Å². The highest BCUT2D eigenvalue weighted by Gasteiger charge is 2.16. The first-order valence-corrected chi connectivity index (χ1v) is 7.11. The molecular weight excluding hydrogens is 300 g/mol. The van der Waals surface area contributed by atoms with Crippen LogP contribution in [0, 0.1) is 0 Å². The van der Waals surface area contributed by atoms with Gasteiger partial charge >= 0.3 is 0 Å². The van der Waals surface area contributed by atoms with Crippen LogP contribution < -0.4 is 5.73 Å². The predicted molar refractivity (Wildman–Crippen MR) is 86.2 cm³/mol. The van der Waals surface area contributed by atoms with Gasteiger partial charge in [-0.25, -0.2) is 0 Å². The normalized spacial score (nSPS) is 10.8. The lowest BCUT2D eigenvalue weighted by molar-refractivity contribution is 0.0919. The smallest absolute Gasteiger partial charge is 0.250 e. The second-order valence-electron chi connectivity index (χ2n) is 4.99. The lowest BCUT2D eigenvalue weighted by Crippen LogP contribution is -2.13. The number of benzene rings is 2. The van der Waals surface area contributed by atoms with E-state index in [0.29, 0.717) is 21.5 Å². The van der Waals surface area contributed by atoms with Gasteiger partial charge < -0.3 is 5.73 Å². The van der Waals surface area contributed by atoms with Gasteiger partial charge in [-0.15, -0.1) is 0 Å². The van der Waals surface area contributed by atoms with E-state index < -0.39 is 5.91 Å². The fourth-order valence-corrected chi connectivity index (χ4v) is 2.57. The number of hydrogen-bond donors (Lipinski definition) is 1. The number of aromatic nitrogens is 1. The Hall–Kier alpha value is -2.59. The van der Waals surface area contributed by atoms with E-state index in [9.17, 15) is 9.59 Å². The highest BCUT2D eigenvalue weighted by atomic mass is 35.5. The third kappa shape index (κ3) is 2.61. The number of carbonyl (C=O) groups is 2. The standard InChI is InChI=1S/C17H13ClN2O2/c18-12-7-5-11(6-8-12)9-16(21)20-10-14(17(19)22)13-3-1-2-4-15(13)20/h1-8,10H,9H2,(H2,19,22). The fraction of sp³-hybridized carbons (Fsp3) is 0.0588. The molecule has 22 heavy (non-hydrogen) atoms. The summed E-state index contributed by atoms with van der Waals surface area (Å²) in [7, 11) is 0. The van der Waals surface area contributed by atoms with Crippen LogP contribution in [0.3, 0.4) is 0 Å². The van der Waals surface area contributed by atoms with Crippen LogP contribution in [-0.2, 0) is 6.42 Å². The average Bonchev–Trinajstić information content (AvgIpc) is 2.89. The number of rotatable bonds is 3. The molecule has 0 fully saturated rings. The third-order valence-corrected chi connectivity index (χ3v) is 3.77. The molecule has 2 aromatic carbocycles. The van der Waals surface area contributed by atoms with Crippen LogP contribution in [0.1, 0.15) is 20.7 Å². The average molecular weight is 313 g/mol. The van der Waals surface area contributed by atoms with Crippen molar-refractivity contribution < 1.29 is 9.59 Å². The quantitative estimate of drug-likeness (QED) is 0.806. The summed E-state index contributed by atoms with van der Waals surface area (Å²) in [5.74, 6) is -0.680. The number of hydrogen-bond acceptors (Lipinski definition) is 2. The molecule has 3 rings (SSSR count). The van der Waals surface area contributed by atoms with Gasteiger partial charge in [-0.2, -0.15) is 0 Å². The second-order valence-corrected chi connectivity index (χ2v) is 5.43. The molecule has 0 saturated carbocycles. The third-order valence-electron chi connectivity index (χ3n) is 3.51. The van der Waals surface area contributed by atoms with Gasteiger partial charge in [0, 0.05) is 16.6 Å². The van der Waals surface area contributed by atoms with E-state index >= 15 is 0 Å². The molecule has 0 spiro atoms. The topological polar surface area (TPSA) is 65.1 Å². The van der Waals surface area contributed by atoms with Crippen LogP contribution in [0.5, 0.6) is 0 Å². The first kappa shape index (κ1) is 14.4. The molecular formula is C17H13ClN2O2. The van der Waals surface area contributed by atoms with Gasteiger partial charge in [0.25, 0.3) is 5.91 Å². The first-order chi connectivity index (χ1) is 10.6. The molecule has 0 aliphatic rings. The number of halogens is 1. The Morgan fingerprint density at radius 3 is 2.41 bits per heavy atom. The van der Waals surface area contributed by atoms with Crippen molar-refractivity contribution in [2.24, 2.45) is 5.73 Å². The van der Waals surface area contributed by atoms with E-state index in [1.54, 1.807) is 36.4 Å². The Labute approximate surface area is 132 Å². The zero-order valence-electron chi connectivity index (χ0n) is 11.6. The number of fused-ring (bicyclic) bond motifs is 1. The van der Waals surface area contributed by atoms with Gasteiger partial charge in [0.15, 0.2) is 0 Å². The van der Waals surface area contributed by atoms with E-state index in [-0.39, 0.29) is 12.3 Å². The van der Waals surface area contributed by atoms with E-state index in [0.717, 1.165) is 5.56 Å². The lowest BCUT2D eigenvalue weighted by atomic mass is 10.1. The zero-order valence-corrected chi connectivity index (χ0v) is 12.4. The van der Waals surface area contributed by atoms with Crippen molar-refractivity contribution in [1.82, 2.24) is 4.57 Å². The molecule has 2 N–H and O–H groups in total. The molecule has 1 heterocycles. The molecule has 0 atom stereocenters. The summed E-state index contributed by atoms with van der Waals surface area (Å²) in [5.41, 5.74) is 7.26. The van der Waals surface area contributed by atoms with Crippen molar-refractivity contribution >= 4 is 34.3 Å². The maximum atomic E-state index is 12.5. The van der Waals surface area contributed by atoms with Crippen molar-refractivity contribution in [2.45, 2.75) is 6.42 Å². The molecule has 0 aliphatic carbocycles. The van der Waals surface area contributed by atoms with E-state index in [4.69, 9.17) is 17.3 Å². The Balaban J connectivity index is 2.00. The number of para-hydroxylation sites is 1. The Kier molecular flexibility index (Phi) is 3.69. The minimum absolute atomic E-state index is 0.133. The summed E-state index contributed by atoms with van der Waals surface area (Å²) in [6.45, 7) is 0. The van der Waals surface area contributed by atoms with Gasteiger partial charge in [0.2, 0.25) is 5.91 Å². The van der Waals surface area contributed by atoms with Gasteiger partial charge in [-0.1, -0.05) is 41.9 Å². The number of nitrogens with zero attached hydrogens (tertiary/aromatic N) is 1. The molecule has 0 bridgehead atoms. The van der Waals surface area contributed by atoms with E-state index in [1.165, 1.54) is 10.8 Å². The number of primary amides is 1. The fourth-order valence-electron chi connectivity index (χ4n) is 2.44. The summed E-state index contributed by atoms with van der Waals surface area (Å²) in [6.07, 6.45) is 1.72. The molecule has 5 heteroatoms. The monoisotopic (exact) mass is 312 g/mol. The molecule has 0 saturated heterocycles. The Morgan fingerprint density at radius 2 is 1.73 bits per heavy atom. The number of carbonyl (C=O) groups excluding carboxylic acids is 2. The summed E-state index contributed by atoms with van der Waals surface area (Å²) in [6, 6.07) is 14.3. The minimum Gasteiger partial charge on any atom is -0.366 e. The number of nitrogens with two attached hydrogens (primary N) is 1. The van der Waals surface area contributed by atoms with Gasteiger partial charge in [-0.3, -0.25) is 14.2 Å². The number of amides is 1. The zero-order chi connectivity index (χ0) is 15.7. The van der Waals surface area contributed by atoms with Crippen molar-refractivity contribution in [1.29, 1.82) is 0 Å². The molecule has 0 aliphatic heterocycles. The van der Waals surface area contributed by atoms with E-state index in [2.05, 4.69) is 0 Å². The molecule has 4 nitrogen and oxygen atoms in total. The van der Waals surface area contributed by atoms with Crippen LogP contribution in [0.15, 0.2) is 54.7 Å². The van der Waals surface area contributed by atoms with Crippen molar-refractivity contribution in [2.75, 3.05) is 0 Å². The van der Waals surface area contributed by atoms with Gasteiger partial charge in [0.05, 0.1) is 17.5 Å². The van der Waals surface area contributed by atoms with Gasteiger partial charge in [0.1, 0.15) is 0 Å². The highest BCUT2D eigenvalue weighted by molar-refractivity contribution is 6.30. The Bertz CT molecular complexity index is 866. The summed E-state index contributed by atoms with van der Waals surface area (Å²) in [5, 5.41) is 1.30. The minimum atomic E-state index is -0.547. The lowest BCUT2D eigenvalue weighted by Gasteiger charge is -2.04. The van der Waals surface area contributed by atoms with Crippen LogP contribution >= 0.6 is 11.6 Å². The summed E-state index contributed by atoms with van der Waals surface area (Å²) >= 11 is 5.84. The van der Waals surface area contributed by atoms with Crippen LogP contribution in [-0.4, -0.2) is 16.4 Å². The van der Waals surface area contributed by atoms with Gasteiger partial charge in [-0.05, 0) is 23.8 Å². The van der Waals surface area contributed by atoms with E-state index in [1.807, 2.05) is 12.1 Å². The molecule has 110 valence electrons. The second kappa shape index (κ2) is 5.66. The molecule has 0 unspecified atom stereocenters. The van der Waals surface area contributed by atoms with Crippen molar-refractivity contribution in [3.8, 4) is 0 Å². The van der Waals surface area contributed by atoms with Crippen LogP contribution in [0.25, 0.3) is 10.9 Å². The maximum Gasteiger partial charge on any atom is 0.250 e. The van der Waals surface area contributed by atoms with Crippen molar-refractivity contribution in [3.05, 3.63) is 70.9 Å². The molecule has 0 radical (unpaired) electrons. The predicted octanol–water partition coefficient (Wildman–Crippen LogP) is 3.28. The summed E-state index contributed by atoms with van der Waals surface area (Å²) in [4.78, 5) is 24.1. The largest absolute Gasteiger partial charge is 0.366 e. The summed E-state index contributed by atoms with van der Waals surface area (Å²) < 4.78 is 1.48. The molecule has 1 amide bonds.